The molecule has 0 saturated carbocycles. The maximum absolute atomic E-state index is 5.62. The minimum atomic E-state index is 0.447. The number of nitrogens with two attached hydrogens (primary N) is 1. The summed E-state index contributed by atoms with van der Waals surface area (Å²) in [5.41, 5.74) is 5.62. The van der Waals surface area contributed by atoms with E-state index in [1.165, 1.54) is 25.9 Å². The summed E-state index contributed by atoms with van der Waals surface area (Å²) in [7, 11) is 1.73. The Morgan fingerprint density at radius 3 is 2.55 bits per heavy atom. The van der Waals surface area contributed by atoms with Crippen LogP contribution in [0.4, 0.5) is 0 Å². The maximum Gasteiger partial charge on any atom is 0.0630 e. The molecule has 3 nitrogen and oxygen atoms in total. The molecule has 0 aromatic heterocycles. The number of likely N-dealkylation sites (tertiary alicyclic amines) is 1. The Morgan fingerprint density at radius 1 is 1.45 bits per heavy atom. The summed E-state index contributed by atoms with van der Waals surface area (Å²) >= 11 is 0. The lowest BCUT2D eigenvalue weighted by Gasteiger charge is -2.25. The molecule has 11 heavy (non-hydrogen) atoms. The maximum atomic E-state index is 5.62. The second kappa shape index (κ2) is 4.70. The van der Waals surface area contributed by atoms with Crippen molar-refractivity contribution in [2.75, 3.05) is 33.4 Å². The highest BCUT2D eigenvalue weighted by atomic mass is 16.5. The van der Waals surface area contributed by atoms with Gasteiger partial charge in [0.05, 0.1) is 6.61 Å². The van der Waals surface area contributed by atoms with E-state index in [2.05, 4.69) is 4.90 Å². The molecule has 0 aliphatic carbocycles. The Bertz CT molecular complexity index is 102. The fourth-order valence-electron chi connectivity index (χ4n) is 1.62. The van der Waals surface area contributed by atoms with Crippen LogP contribution in [0.15, 0.2) is 0 Å². The summed E-state index contributed by atoms with van der Waals surface area (Å²) < 4.78 is 5.09. The van der Waals surface area contributed by atoms with Gasteiger partial charge in [-0.1, -0.05) is 0 Å². The smallest absolute Gasteiger partial charge is 0.0630 e. The number of methoxy groups -OCH3 is 1. The molecule has 1 fully saturated rings. The second-order valence-electron chi connectivity index (χ2n) is 3.09. The van der Waals surface area contributed by atoms with Crippen LogP contribution in [0.5, 0.6) is 0 Å². The van der Waals surface area contributed by atoms with Gasteiger partial charge in [-0.15, -0.1) is 0 Å². The Balaban J connectivity index is 2.27. The van der Waals surface area contributed by atoms with Gasteiger partial charge in [0.15, 0.2) is 0 Å². The summed E-state index contributed by atoms with van der Waals surface area (Å²) in [5.74, 6) is 0. The molecular formula is C8H18N2O. The molecule has 0 aromatic carbocycles. The largest absolute Gasteiger partial charge is 0.383 e. The van der Waals surface area contributed by atoms with E-state index in [0.29, 0.717) is 12.6 Å². The molecule has 0 radical (unpaired) electrons. The van der Waals surface area contributed by atoms with Crippen molar-refractivity contribution in [2.24, 2.45) is 5.73 Å². The van der Waals surface area contributed by atoms with E-state index in [1.54, 1.807) is 7.11 Å². The molecule has 1 rings (SSSR count). The molecule has 1 aliphatic heterocycles. The van der Waals surface area contributed by atoms with E-state index in [1.807, 2.05) is 0 Å². The molecule has 3 heteroatoms. The number of rotatable bonds is 4. The zero-order valence-electron chi connectivity index (χ0n) is 7.25. The number of hydrogen-bond donors (Lipinski definition) is 1. The van der Waals surface area contributed by atoms with E-state index in [4.69, 9.17) is 10.5 Å². The average molecular weight is 158 g/mol. The van der Waals surface area contributed by atoms with Crippen LogP contribution in [0, 0.1) is 0 Å². The molecule has 2 N–H and O–H groups in total. The van der Waals surface area contributed by atoms with Crippen molar-refractivity contribution < 1.29 is 4.74 Å². The number of nitrogens with zero attached hydrogens (tertiary/aromatic N) is 1. The van der Waals surface area contributed by atoms with Crippen LogP contribution in [0.2, 0.25) is 0 Å². The van der Waals surface area contributed by atoms with Gasteiger partial charge in [-0.3, -0.25) is 4.90 Å². The first-order chi connectivity index (χ1) is 5.38. The Kier molecular flexibility index (Phi) is 3.83. The molecule has 1 unspecified atom stereocenters. The third-order valence-electron chi connectivity index (χ3n) is 2.29. The van der Waals surface area contributed by atoms with Gasteiger partial charge in [-0.2, -0.15) is 0 Å². The first-order valence-corrected chi connectivity index (χ1v) is 4.31. The average Bonchev–Trinajstić information content (AvgIpc) is 2.52. The second-order valence-corrected chi connectivity index (χ2v) is 3.09. The molecule has 1 heterocycles. The molecule has 1 aliphatic rings. The molecule has 0 bridgehead atoms. The predicted molar refractivity (Wildman–Crippen MR) is 45.5 cm³/mol. The highest BCUT2D eigenvalue weighted by Crippen LogP contribution is 2.10. The predicted octanol–water partition coefficient (Wildman–Crippen LogP) is 0.0559. The van der Waals surface area contributed by atoms with Crippen LogP contribution in [0.1, 0.15) is 12.8 Å². The van der Waals surface area contributed by atoms with Crippen molar-refractivity contribution in [3.63, 3.8) is 0 Å². The normalized spacial score (nSPS) is 22.4. The topological polar surface area (TPSA) is 38.5 Å². The zero-order chi connectivity index (χ0) is 8.10. The lowest BCUT2D eigenvalue weighted by Crippen LogP contribution is -2.41. The van der Waals surface area contributed by atoms with Gasteiger partial charge in [0.25, 0.3) is 0 Å². The van der Waals surface area contributed by atoms with Crippen LogP contribution in [-0.2, 0) is 4.74 Å². The van der Waals surface area contributed by atoms with E-state index in [9.17, 15) is 0 Å². The first kappa shape index (κ1) is 8.97. The monoisotopic (exact) mass is 158 g/mol. The summed E-state index contributed by atoms with van der Waals surface area (Å²) in [5, 5.41) is 0. The van der Waals surface area contributed by atoms with Crippen molar-refractivity contribution >= 4 is 0 Å². The van der Waals surface area contributed by atoms with Gasteiger partial charge in [0.1, 0.15) is 0 Å². The van der Waals surface area contributed by atoms with Crippen LogP contribution >= 0.6 is 0 Å². The highest BCUT2D eigenvalue weighted by molar-refractivity contribution is 4.76. The molecule has 1 atom stereocenters. The molecule has 1 saturated heterocycles. The Hall–Kier alpha value is -0.120. The lowest BCUT2D eigenvalue weighted by molar-refractivity contribution is 0.109. The summed E-state index contributed by atoms with van der Waals surface area (Å²) in [6.45, 7) is 3.89. The quantitative estimate of drug-likeness (QED) is 0.628. The van der Waals surface area contributed by atoms with Gasteiger partial charge < -0.3 is 10.5 Å². The molecule has 0 spiro atoms. The molecule has 66 valence electrons. The molecular weight excluding hydrogens is 140 g/mol. The Morgan fingerprint density at radius 2 is 2.09 bits per heavy atom. The summed E-state index contributed by atoms with van der Waals surface area (Å²) in [6, 6.07) is 0.447. The zero-order valence-corrected chi connectivity index (χ0v) is 7.25. The van der Waals surface area contributed by atoms with Crippen molar-refractivity contribution in [3.8, 4) is 0 Å². The Labute approximate surface area is 68.5 Å². The van der Waals surface area contributed by atoms with E-state index < -0.39 is 0 Å². The standard InChI is InChI=1S/C8H18N2O/c1-11-7-8(6-9)10-4-2-3-5-10/h8H,2-7,9H2,1H3. The van der Waals surface area contributed by atoms with Gasteiger partial charge >= 0.3 is 0 Å². The highest BCUT2D eigenvalue weighted by Gasteiger charge is 2.19. The number of ether oxygens (including phenoxy) is 1. The minimum Gasteiger partial charge on any atom is -0.383 e. The fourth-order valence-corrected chi connectivity index (χ4v) is 1.62. The fraction of sp³-hybridized carbons (Fsp3) is 1.00. The summed E-state index contributed by atoms with van der Waals surface area (Å²) in [4.78, 5) is 2.42. The van der Waals surface area contributed by atoms with E-state index in [-0.39, 0.29) is 0 Å². The van der Waals surface area contributed by atoms with E-state index >= 15 is 0 Å². The number of hydrogen-bond acceptors (Lipinski definition) is 3. The van der Waals surface area contributed by atoms with E-state index in [0.717, 1.165) is 6.61 Å². The molecule has 0 amide bonds. The van der Waals surface area contributed by atoms with Crippen LogP contribution in [-0.4, -0.2) is 44.3 Å². The van der Waals surface area contributed by atoms with Gasteiger partial charge in [0.2, 0.25) is 0 Å². The summed E-state index contributed by atoms with van der Waals surface area (Å²) in [6.07, 6.45) is 2.64. The van der Waals surface area contributed by atoms with Gasteiger partial charge in [-0.25, -0.2) is 0 Å². The van der Waals surface area contributed by atoms with Gasteiger partial charge in [0, 0.05) is 19.7 Å². The lowest BCUT2D eigenvalue weighted by atomic mass is 10.3. The van der Waals surface area contributed by atoms with Crippen molar-refractivity contribution in [2.45, 2.75) is 18.9 Å². The third-order valence-corrected chi connectivity index (χ3v) is 2.29. The van der Waals surface area contributed by atoms with Crippen molar-refractivity contribution in [1.82, 2.24) is 4.90 Å². The third kappa shape index (κ3) is 2.43. The minimum absolute atomic E-state index is 0.447. The molecule has 0 aromatic rings. The van der Waals surface area contributed by atoms with Crippen molar-refractivity contribution in [1.29, 1.82) is 0 Å². The SMILES string of the molecule is COCC(CN)N1CCCC1. The van der Waals surface area contributed by atoms with Crippen LogP contribution < -0.4 is 5.73 Å². The van der Waals surface area contributed by atoms with Crippen LogP contribution in [0.3, 0.4) is 0 Å². The first-order valence-electron chi connectivity index (χ1n) is 4.31. The van der Waals surface area contributed by atoms with Crippen molar-refractivity contribution in [3.05, 3.63) is 0 Å². The van der Waals surface area contributed by atoms with Gasteiger partial charge in [-0.05, 0) is 25.9 Å². The van der Waals surface area contributed by atoms with Crippen LogP contribution in [0.25, 0.3) is 0 Å².